The zero-order valence-corrected chi connectivity index (χ0v) is 13.0. The van der Waals surface area contributed by atoms with Gasteiger partial charge in [0.05, 0.1) is 5.92 Å². The van der Waals surface area contributed by atoms with E-state index in [9.17, 15) is 4.79 Å². The van der Waals surface area contributed by atoms with Crippen LogP contribution in [0.3, 0.4) is 0 Å². The van der Waals surface area contributed by atoms with E-state index in [4.69, 9.17) is 0 Å². The molecule has 1 fully saturated rings. The van der Waals surface area contributed by atoms with Crippen LogP contribution < -0.4 is 5.32 Å². The zero-order valence-electron chi connectivity index (χ0n) is 12.2. The summed E-state index contributed by atoms with van der Waals surface area (Å²) in [4.78, 5) is 14.6. The standard InChI is InChI=1S/C16H24N2O.ClH/c1-2-11-18(13-14-7-4-3-5-8-14)16(19)15-9-6-10-17-12-15;/h3-5,7-8,15,17H,2,6,9-13H2,1H3;1H/t15-;/m1./s1. The number of amides is 1. The summed E-state index contributed by atoms with van der Waals surface area (Å²) in [5, 5.41) is 3.33. The van der Waals surface area contributed by atoms with Gasteiger partial charge in [0.25, 0.3) is 0 Å². The van der Waals surface area contributed by atoms with Crippen LogP contribution in [-0.4, -0.2) is 30.4 Å². The second-order valence-electron chi connectivity index (χ2n) is 5.29. The molecule has 1 N–H and O–H groups in total. The Balaban J connectivity index is 0.00000200. The summed E-state index contributed by atoms with van der Waals surface area (Å²) in [5.74, 6) is 0.488. The molecule has 0 radical (unpaired) electrons. The Kier molecular flexibility index (Phi) is 7.63. The molecule has 1 aromatic carbocycles. The summed E-state index contributed by atoms with van der Waals surface area (Å²) < 4.78 is 0. The summed E-state index contributed by atoms with van der Waals surface area (Å²) in [6.45, 7) is 5.61. The number of hydrogen-bond donors (Lipinski definition) is 1. The van der Waals surface area contributed by atoms with Gasteiger partial charge in [0.1, 0.15) is 0 Å². The van der Waals surface area contributed by atoms with Crippen molar-refractivity contribution in [3.8, 4) is 0 Å². The first-order valence-corrected chi connectivity index (χ1v) is 7.34. The van der Waals surface area contributed by atoms with Gasteiger partial charge in [0.2, 0.25) is 5.91 Å². The smallest absolute Gasteiger partial charge is 0.227 e. The van der Waals surface area contributed by atoms with Crippen molar-refractivity contribution in [3.05, 3.63) is 35.9 Å². The Morgan fingerprint density at radius 2 is 2.10 bits per heavy atom. The summed E-state index contributed by atoms with van der Waals surface area (Å²) in [7, 11) is 0. The molecule has 4 heteroatoms. The van der Waals surface area contributed by atoms with Crippen LogP contribution in [0.5, 0.6) is 0 Å². The highest BCUT2D eigenvalue weighted by atomic mass is 35.5. The summed E-state index contributed by atoms with van der Waals surface area (Å²) in [6, 6.07) is 10.3. The molecule has 1 amide bonds. The minimum Gasteiger partial charge on any atom is -0.338 e. The minimum absolute atomic E-state index is 0. The third kappa shape index (κ3) is 4.80. The van der Waals surface area contributed by atoms with Gasteiger partial charge in [-0.05, 0) is 31.4 Å². The van der Waals surface area contributed by atoms with E-state index >= 15 is 0 Å². The van der Waals surface area contributed by atoms with Crippen molar-refractivity contribution in [1.29, 1.82) is 0 Å². The lowest BCUT2D eigenvalue weighted by atomic mass is 9.97. The summed E-state index contributed by atoms with van der Waals surface area (Å²) >= 11 is 0. The van der Waals surface area contributed by atoms with Crippen molar-refractivity contribution in [3.63, 3.8) is 0 Å². The second-order valence-corrected chi connectivity index (χ2v) is 5.29. The SMILES string of the molecule is CCCN(Cc1ccccc1)C(=O)[C@@H]1CCCNC1.Cl. The maximum Gasteiger partial charge on any atom is 0.227 e. The molecule has 112 valence electrons. The van der Waals surface area contributed by atoms with E-state index in [-0.39, 0.29) is 18.3 Å². The Morgan fingerprint density at radius 1 is 1.35 bits per heavy atom. The van der Waals surface area contributed by atoms with Gasteiger partial charge in [-0.2, -0.15) is 0 Å². The maximum atomic E-state index is 12.6. The highest BCUT2D eigenvalue weighted by Crippen LogP contribution is 2.16. The van der Waals surface area contributed by atoms with Crippen LogP contribution in [0.1, 0.15) is 31.7 Å². The molecular formula is C16H25ClN2O. The van der Waals surface area contributed by atoms with Crippen molar-refractivity contribution in [1.82, 2.24) is 10.2 Å². The molecule has 1 heterocycles. The fraction of sp³-hybridized carbons (Fsp3) is 0.562. The number of halogens is 1. The summed E-state index contributed by atoms with van der Waals surface area (Å²) in [6.07, 6.45) is 3.15. The maximum absolute atomic E-state index is 12.6. The fourth-order valence-corrected chi connectivity index (χ4v) is 2.66. The quantitative estimate of drug-likeness (QED) is 0.906. The monoisotopic (exact) mass is 296 g/mol. The van der Waals surface area contributed by atoms with Crippen molar-refractivity contribution in [2.24, 2.45) is 5.92 Å². The number of nitrogens with zero attached hydrogens (tertiary/aromatic N) is 1. The molecule has 0 bridgehead atoms. The molecule has 3 nitrogen and oxygen atoms in total. The average Bonchev–Trinajstić information content (AvgIpc) is 2.48. The van der Waals surface area contributed by atoms with Gasteiger partial charge < -0.3 is 10.2 Å². The van der Waals surface area contributed by atoms with E-state index in [1.807, 2.05) is 23.1 Å². The van der Waals surface area contributed by atoms with Gasteiger partial charge in [-0.3, -0.25) is 4.79 Å². The van der Waals surface area contributed by atoms with E-state index in [0.717, 1.165) is 45.4 Å². The van der Waals surface area contributed by atoms with Crippen LogP contribution in [0.4, 0.5) is 0 Å². The zero-order chi connectivity index (χ0) is 13.5. The van der Waals surface area contributed by atoms with Gasteiger partial charge >= 0.3 is 0 Å². The van der Waals surface area contributed by atoms with E-state index in [1.54, 1.807) is 0 Å². The van der Waals surface area contributed by atoms with Crippen LogP contribution in [0, 0.1) is 5.92 Å². The van der Waals surface area contributed by atoms with Crippen LogP contribution in [-0.2, 0) is 11.3 Å². The van der Waals surface area contributed by atoms with E-state index in [0.29, 0.717) is 5.91 Å². The molecule has 0 spiro atoms. The Hall–Kier alpha value is -1.06. The third-order valence-electron chi connectivity index (χ3n) is 3.67. The lowest BCUT2D eigenvalue weighted by molar-refractivity contribution is -0.136. The first-order valence-electron chi connectivity index (χ1n) is 7.34. The van der Waals surface area contributed by atoms with Crippen molar-refractivity contribution in [2.75, 3.05) is 19.6 Å². The van der Waals surface area contributed by atoms with Crippen LogP contribution >= 0.6 is 12.4 Å². The Morgan fingerprint density at radius 3 is 2.70 bits per heavy atom. The normalized spacial score (nSPS) is 18.1. The summed E-state index contributed by atoms with van der Waals surface area (Å²) in [5.41, 5.74) is 1.22. The topological polar surface area (TPSA) is 32.3 Å². The second kappa shape index (κ2) is 8.98. The number of rotatable bonds is 5. The van der Waals surface area contributed by atoms with Gasteiger partial charge in [-0.25, -0.2) is 0 Å². The van der Waals surface area contributed by atoms with Crippen molar-refractivity contribution < 1.29 is 4.79 Å². The third-order valence-corrected chi connectivity index (χ3v) is 3.67. The number of carbonyl (C=O) groups excluding carboxylic acids is 1. The predicted octanol–water partition coefficient (Wildman–Crippen LogP) is 2.85. The molecule has 0 aromatic heterocycles. The number of carbonyl (C=O) groups is 1. The Labute approximate surface area is 128 Å². The highest BCUT2D eigenvalue weighted by Gasteiger charge is 2.25. The van der Waals surface area contributed by atoms with E-state index < -0.39 is 0 Å². The largest absolute Gasteiger partial charge is 0.338 e. The van der Waals surface area contributed by atoms with Crippen LogP contribution in [0.15, 0.2) is 30.3 Å². The molecule has 20 heavy (non-hydrogen) atoms. The van der Waals surface area contributed by atoms with Gasteiger partial charge in [-0.15, -0.1) is 12.4 Å². The predicted molar refractivity (Wildman–Crippen MR) is 85.0 cm³/mol. The molecular weight excluding hydrogens is 272 g/mol. The molecule has 2 rings (SSSR count). The molecule has 1 aliphatic heterocycles. The average molecular weight is 297 g/mol. The van der Waals surface area contributed by atoms with Gasteiger partial charge in [0, 0.05) is 19.6 Å². The lowest BCUT2D eigenvalue weighted by Crippen LogP contribution is -2.43. The first-order chi connectivity index (χ1) is 9.31. The molecule has 0 unspecified atom stereocenters. The minimum atomic E-state index is 0. The Bertz CT molecular complexity index is 391. The van der Waals surface area contributed by atoms with Crippen LogP contribution in [0.25, 0.3) is 0 Å². The van der Waals surface area contributed by atoms with Gasteiger partial charge in [0.15, 0.2) is 0 Å². The van der Waals surface area contributed by atoms with Crippen LogP contribution in [0.2, 0.25) is 0 Å². The van der Waals surface area contributed by atoms with E-state index in [1.165, 1.54) is 5.56 Å². The fourth-order valence-electron chi connectivity index (χ4n) is 2.66. The number of benzene rings is 1. The molecule has 1 saturated heterocycles. The first kappa shape index (κ1) is 17.0. The number of hydrogen-bond acceptors (Lipinski definition) is 2. The molecule has 0 aliphatic carbocycles. The van der Waals surface area contributed by atoms with Crippen molar-refractivity contribution in [2.45, 2.75) is 32.7 Å². The molecule has 1 atom stereocenters. The molecule has 1 aromatic rings. The number of nitrogens with one attached hydrogen (secondary N) is 1. The van der Waals surface area contributed by atoms with Crippen molar-refractivity contribution >= 4 is 18.3 Å². The van der Waals surface area contributed by atoms with E-state index in [2.05, 4.69) is 24.4 Å². The molecule has 0 saturated carbocycles. The number of piperidine rings is 1. The highest BCUT2D eigenvalue weighted by molar-refractivity contribution is 5.85. The lowest BCUT2D eigenvalue weighted by Gasteiger charge is -2.29. The van der Waals surface area contributed by atoms with Gasteiger partial charge in [-0.1, -0.05) is 37.3 Å². The molecule has 1 aliphatic rings.